The van der Waals surface area contributed by atoms with Gasteiger partial charge in [0.15, 0.2) is 0 Å². The maximum atomic E-state index is 13.0. The van der Waals surface area contributed by atoms with Gasteiger partial charge in [0.2, 0.25) is 0 Å². The average Bonchev–Trinajstić information content (AvgIpc) is 2.28. The minimum atomic E-state index is -0.323. The van der Waals surface area contributed by atoms with Gasteiger partial charge in [0.25, 0.3) is 5.91 Å². The molecule has 3 nitrogen and oxygen atoms in total. The van der Waals surface area contributed by atoms with Gasteiger partial charge >= 0.3 is 0 Å². The lowest BCUT2D eigenvalue weighted by atomic mass is 10.0. The molecule has 2 atom stereocenters. The molecule has 1 N–H and O–H groups in total. The third-order valence-electron chi connectivity index (χ3n) is 3.00. The largest absolute Gasteiger partial charge is 0.378 e. The molecule has 5 heteroatoms. The standard InChI is InChI=1S/C13H15FINO2/c1-8-6-10(4-5-18-8)16-13(17)11-3-2-9(14)7-12(11)15/h2-3,7-8,10H,4-6H2,1H3,(H,16,17). The summed E-state index contributed by atoms with van der Waals surface area (Å²) >= 11 is 1.97. The molecular formula is C13H15FINO2. The molecule has 0 spiro atoms. The van der Waals surface area contributed by atoms with Gasteiger partial charge in [-0.1, -0.05) is 0 Å². The van der Waals surface area contributed by atoms with Crippen molar-refractivity contribution in [3.8, 4) is 0 Å². The first-order valence-electron chi connectivity index (χ1n) is 5.94. The van der Waals surface area contributed by atoms with Crippen LogP contribution in [0.15, 0.2) is 18.2 Å². The van der Waals surface area contributed by atoms with Crippen LogP contribution in [0.2, 0.25) is 0 Å². The molecule has 2 rings (SSSR count). The Bertz CT molecular complexity index is 453. The van der Waals surface area contributed by atoms with E-state index >= 15 is 0 Å². The molecule has 1 heterocycles. The van der Waals surface area contributed by atoms with E-state index in [1.807, 2.05) is 29.5 Å². The van der Waals surface area contributed by atoms with E-state index in [1.165, 1.54) is 18.2 Å². The Morgan fingerprint density at radius 3 is 3.00 bits per heavy atom. The van der Waals surface area contributed by atoms with Crippen LogP contribution in [-0.4, -0.2) is 24.7 Å². The Morgan fingerprint density at radius 2 is 2.33 bits per heavy atom. The van der Waals surface area contributed by atoms with Crippen molar-refractivity contribution in [3.63, 3.8) is 0 Å². The highest BCUT2D eigenvalue weighted by Gasteiger charge is 2.22. The maximum absolute atomic E-state index is 13.0. The van der Waals surface area contributed by atoms with Gasteiger partial charge in [-0.05, 0) is 60.6 Å². The molecule has 98 valence electrons. The summed E-state index contributed by atoms with van der Waals surface area (Å²) in [4.78, 5) is 12.1. The molecule has 0 saturated carbocycles. The fraction of sp³-hybridized carbons (Fsp3) is 0.462. The van der Waals surface area contributed by atoms with Crippen LogP contribution < -0.4 is 5.32 Å². The van der Waals surface area contributed by atoms with Gasteiger partial charge < -0.3 is 10.1 Å². The van der Waals surface area contributed by atoms with Gasteiger partial charge in [-0.25, -0.2) is 4.39 Å². The van der Waals surface area contributed by atoms with E-state index in [4.69, 9.17) is 4.74 Å². The molecule has 1 aromatic carbocycles. The molecule has 1 amide bonds. The topological polar surface area (TPSA) is 38.3 Å². The second kappa shape index (κ2) is 5.97. The number of hydrogen-bond donors (Lipinski definition) is 1. The van der Waals surface area contributed by atoms with E-state index in [2.05, 4.69) is 5.32 Å². The van der Waals surface area contributed by atoms with Gasteiger partial charge in [-0.3, -0.25) is 4.79 Å². The van der Waals surface area contributed by atoms with Crippen molar-refractivity contribution in [2.24, 2.45) is 0 Å². The molecule has 1 aromatic rings. The smallest absolute Gasteiger partial charge is 0.252 e. The van der Waals surface area contributed by atoms with Crippen molar-refractivity contribution >= 4 is 28.5 Å². The second-order valence-electron chi connectivity index (χ2n) is 4.50. The van der Waals surface area contributed by atoms with E-state index in [-0.39, 0.29) is 23.9 Å². The molecule has 0 aromatic heterocycles. The van der Waals surface area contributed by atoms with E-state index in [9.17, 15) is 9.18 Å². The molecule has 1 aliphatic rings. The van der Waals surface area contributed by atoms with Crippen molar-refractivity contribution in [2.75, 3.05) is 6.61 Å². The van der Waals surface area contributed by atoms with E-state index < -0.39 is 0 Å². The SMILES string of the molecule is CC1CC(NC(=O)c2ccc(F)cc2I)CCO1. The summed E-state index contributed by atoms with van der Waals surface area (Å²) in [5.41, 5.74) is 0.524. The van der Waals surface area contributed by atoms with Crippen molar-refractivity contribution in [1.29, 1.82) is 0 Å². The molecular weight excluding hydrogens is 348 g/mol. The minimum absolute atomic E-state index is 0.140. The van der Waals surface area contributed by atoms with Crippen LogP contribution >= 0.6 is 22.6 Å². The van der Waals surface area contributed by atoms with Gasteiger partial charge in [0, 0.05) is 16.2 Å². The summed E-state index contributed by atoms with van der Waals surface area (Å²) in [6.45, 7) is 2.67. The Kier molecular flexibility index (Phi) is 4.55. The molecule has 1 saturated heterocycles. The third kappa shape index (κ3) is 3.41. The first-order chi connectivity index (χ1) is 8.56. The number of benzene rings is 1. The minimum Gasteiger partial charge on any atom is -0.378 e. The summed E-state index contributed by atoms with van der Waals surface area (Å²) in [7, 11) is 0. The van der Waals surface area contributed by atoms with Crippen LogP contribution in [0, 0.1) is 9.39 Å². The maximum Gasteiger partial charge on any atom is 0.252 e. The monoisotopic (exact) mass is 363 g/mol. The molecule has 1 aliphatic heterocycles. The van der Waals surface area contributed by atoms with Crippen molar-refractivity contribution in [2.45, 2.75) is 31.9 Å². The van der Waals surface area contributed by atoms with Crippen LogP contribution in [0.5, 0.6) is 0 Å². The number of hydrogen-bond acceptors (Lipinski definition) is 2. The lowest BCUT2D eigenvalue weighted by Gasteiger charge is -2.28. The van der Waals surface area contributed by atoms with E-state index in [0.717, 1.165) is 12.8 Å². The number of amides is 1. The van der Waals surface area contributed by atoms with Crippen LogP contribution in [0.3, 0.4) is 0 Å². The fourth-order valence-corrected chi connectivity index (χ4v) is 2.79. The predicted molar refractivity (Wildman–Crippen MR) is 75.0 cm³/mol. The van der Waals surface area contributed by atoms with Crippen LogP contribution in [0.4, 0.5) is 4.39 Å². The zero-order chi connectivity index (χ0) is 13.1. The normalized spacial score (nSPS) is 23.7. The van der Waals surface area contributed by atoms with Crippen molar-refractivity contribution < 1.29 is 13.9 Å². The predicted octanol–water partition coefficient (Wildman–Crippen LogP) is 2.73. The summed E-state index contributed by atoms with van der Waals surface area (Å²) in [5.74, 6) is -0.464. The highest BCUT2D eigenvalue weighted by atomic mass is 127. The van der Waals surface area contributed by atoms with E-state index in [1.54, 1.807) is 0 Å². The zero-order valence-corrected chi connectivity index (χ0v) is 12.2. The van der Waals surface area contributed by atoms with Crippen LogP contribution in [0.25, 0.3) is 0 Å². The molecule has 0 radical (unpaired) electrons. The van der Waals surface area contributed by atoms with Crippen LogP contribution in [-0.2, 0) is 4.74 Å². The number of carbonyl (C=O) groups is 1. The lowest BCUT2D eigenvalue weighted by Crippen LogP contribution is -2.41. The Labute approximate surface area is 119 Å². The fourth-order valence-electron chi connectivity index (χ4n) is 2.07. The van der Waals surface area contributed by atoms with Crippen LogP contribution in [0.1, 0.15) is 30.1 Å². The van der Waals surface area contributed by atoms with E-state index in [0.29, 0.717) is 15.7 Å². The first-order valence-corrected chi connectivity index (χ1v) is 7.01. The number of nitrogens with one attached hydrogen (secondary N) is 1. The molecule has 18 heavy (non-hydrogen) atoms. The van der Waals surface area contributed by atoms with Gasteiger partial charge in [-0.2, -0.15) is 0 Å². The average molecular weight is 363 g/mol. The second-order valence-corrected chi connectivity index (χ2v) is 5.66. The summed E-state index contributed by atoms with van der Waals surface area (Å²) < 4.78 is 19.0. The van der Waals surface area contributed by atoms with Crippen molar-refractivity contribution in [3.05, 3.63) is 33.1 Å². The number of rotatable bonds is 2. The molecule has 1 fully saturated rings. The van der Waals surface area contributed by atoms with Crippen molar-refractivity contribution in [1.82, 2.24) is 5.32 Å². The highest BCUT2D eigenvalue weighted by Crippen LogP contribution is 2.17. The number of ether oxygens (including phenoxy) is 1. The zero-order valence-electron chi connectivity index (χ0n) is 10.1. The summed E-state index contributed by atoms with van der Waals surface area (Å²) in [5, 5.41) is 2.98. The number of carbonyl (C=O) groups excluding carboxylic acids is 1. The lowest BCUT2D eigenvalue weighted by molar-refractivity contribution is 0.0136. The molecule has 0 bridgehead atoms. The molecule has 2 unspecified atom stereocenters. The summed E-state index contributed by atoms with van der Waals surface area (Å²) in [6.07, 6.45) is 1.83. The Balaban J connectivity index is 2.03. The Hall–Kier alpha value is -0.690. The first kappa shape index (κ1) is 13.7. The summed E-state index contributed by atoms with van der Waals surface area (Å²) in [6, 6.07) is 4.34. The van der Waals surface area contributed by atoms with Gasteiger partial charge in [-0.15, -0.1) is 0 Å². The molecule has 0 aliphatic carbocycles. The van der Waals surface area contributed by atoms with Gasteiger partial charge in [0.05, 0.1) is 11.7 Å². The quantitative estimate of drug-likeness (QED) is 0.821. The third-order valence-corrected chi connectivity index (χ3v) is 3.89. The van der Waals surface area contributed by atoms with Gasteiger partial charge in [0.1, 0.15) is 5.82 Å². The number of halogens is 2. The Morgan fingerprint density at radius 1 is 1.56 bits per heavy atom. The highest BCUT2D eigenvalue weighted by molar-refractivity contribution is 14.1.